The van der Waals surface area contributed by atoms with E-state index in [1.807, 2.05) is 25.9 Å². The highest BCUT2D eigenvalue weighted by molar-refractivity contribution is 5.95. The van der Waals surface area contributed by atoms with Crippen LogP contribution in [0.5, 0.6) is 0 Å². The largest absolute Gasteiger partial charge is 0.396 e. The number of pyridine rings is 1. The molecule has 110 valence electrons. The lowest BCUT2D eigenvalue weighted by atomic mass is 9.85. The number of carbonyl (C=O) groups is 1. The monoisotopic (exact) mass is 277 g/mol. The first-order chi connectivity index (χ1) is 9.46. The van der Waals surface area contributed by atoms with E-state index in [-0.39, 0.29) is 24.0 Å². The SMILES string of the molecule is CN(C)c1cc(C(=O)NC2CCCC2(C)CO)ccn1. The van der Waals surface area contributed by atoms with Gasteiger partial charge in [-0.15, -0.1) is 0 Å². The quantitative estimate of drug-likeness (QED) is 0.874. The molecule has 0 bridgehead atoms. The fraction of sp³-hybridized carbons (Fsp3) is 0.600. The zero-order valence-corrected chi connectivity index (χ0v) is 12.4. The summed E-state index contributed by atoms with van der Waals surface area (Å²) < 4.78 is 0. The first-order valence-electron chi connectivity index (χ1n) is 7.01. The van der Waals surface area contributed by atoms with Gasteiger partial charge >= 0.3 is 0 Å². The lowest BCUT2D eigenvalue weighted by Gasteiger charge is -2.30. The molecule has 1 aliphatic rings. The molecular weight excluding hydrogens is 254 g/mol. The molecule has 2 unspecified atom stereocenters. The van der Waals surface area contributed by atoms with E-state index in [9.17, 15) is 9.90 Å². The van der Waals surface area contributed by atoms with E-state index in [4.69, 9.17) is 0 Å². The van der Waals surface area contributed by atoms with Crippen molar-refractivity contribution in [2.24, 2.45) is 5.41 Å². The minimum Gasteiger partial charge on any atom is -0.396 e. The van der Waals surface area contributed by atoms with Gasteiger partial charge in [-0.2, -0.15) is 0 Å². The number of amides is 1. The fourth-order valence-corrected chi connectivity index (χ4v) is 2.71. The lowest BCUT2D eigenvalue weighted by molar-refractivity contribution is 0.0830. The molecule has 0 radical (unpaired) electrons. The lowest BCUT2D eigenvalue weighted by Crippen LogP contribution is -2.44. The Morgan fingerprint density at radius 1 is 1.60 bits per heavy atom. The van der Waals surface area contributed by atoms with Crippen molar-refractivity contribution in [1.29, 1.82) is 0 Å². The van der Waals surface area contributed by atoms with Gasteiger partial charge in [0, 0.05) is 37.3 Å². The zero-order valence-electron chi connectivity index (χ0n) is 12.4. The average molecular weight is 277 g/mol. The second-order valence-electron chi connectivity index (χ2n) is 6.03. The molecule has 1 fully saturated rings. The molecule has 1 aromatic rings. The Hall–Kier alpha value is -1.62. The van der Waals surface area contributed by atoms with Crippen molar-refractivity contribution in [3.05, 3.63) is 23.9 Å². The molecule has 20 heavy (non-hydrogen) atoms. The highest BCUT2D eigenvalue weighted by Crippen LogP contribution is 2.37. The van der Waals surface area contributed by atoms with Crippen LogP contribution in [0.4, 0.5) is 5.82 Å². The van der Waals surface area contributed by atoms with Crippen LogP contribution in [0, 0.1) is 5.41 Å². The molecule has 2 atom stereocenters. The third kappa shape index (κ3) is 2.93. The minimum absolute atomic E-state index is 0.0379. The summed E-state index contributed by atoms with van der Waals surface area (Å²) in [4.78, 5) is 18.4. The van der Waals surface area contributed by atoms with E-state index in [1.165, 1.54) is 0 Å². The molecule has 0 saturated heterocycles. The van der Waals surface area contributed by atoms with Crippen LogP contribution >= 0.6 is 0 Å². The smallest absolute Gasteiger partial charge is 0.251 e. The summed E-state index contributed by atoms with van der Waals surface area (Å²) in [6, 6.07) is 3.53. The van der Waals surface area contributed by atoms with Crippen molar-refractivity contribution in [3.8, 4) is 0 Å². The van der Waals surface area contributed by atoms with Gasteiger partial charge in [-0.05, 0) is 25.0 Å². The molecule has 1 saturated carbocycles. The Labute approximate surface area is 120 Å². The number of aromatic nitrogens is 1. The van der Waals surface area contributed by atoms with E-state index in [2.05, 4.69) is 10.3 Å². The van der Waals surface area contributed by atoms with Crippen molar-refractivity contribution in [2.45, 2.75) is 32.2 Å². The molecule has 1 aliphatic carbocycles. The van der Waals surface area contributed by atoms with Crippen LogP contribution in [-0.2, 0) is 0 Å². The molecule has 2 rings (SSSR count). The van der Waals surface area contributed by atoms with Crippen LogP contribution in [0.2, 0.25) is 0 Å². The van der Waals surface area contributed by atoms with Crippen LogP contribution in [0.3, 0.4) is 0 Å². The predicted octanol–water partition coefficient (Wildman–Crippen LogP) is 1.43. The number of nitrogens with zero attached hydrogens (tertiary/aromatic N) is 2. The van der Waals surface area contributed by atoms with Gasteiger partial charge in [0.05, 0.1) is 6.61 Å². The predicted molar refractivity (Wildman–Crippen MR) is 78.9 cm³/mol. The van der Waals surface area contributed by atoms with Crippen molar-refractivity contribution < 1.29 is 9.90 Å². The van der Waals surface area contributed by atoms with Gasteiger partial charge in [0.1, 0.15) is 5.82 Å². The Morgan fingerprint density at radius 3 is 3.00 bits per heavy atom. The number of aliphatic hydroxyl groups is 1. The Balaban J connectivity index is 2.10. The molecule has 0 aromatic carbocycles. The summed E-state index contributed by atoms with van der Waals surface area (Å²) in [5.74, 6) is 0.663. The van der Waals surface area contributed by atoms with E-state index >= 15 is 0 Å². The Morgan fingerprint density at radius 2 is 2.35 bits per heavy atom. The maximum Gasteiger partial charge on any atom is 0.251 e. The maximum absolute atomic E-state index is 12.3. The van der Waals surface area contributed by atoms with Crippen LogP contribution < -0.4 is 10.2 Å². The number of aliphatic hydroxyl groups excluding tert-OH is 1. The van der Waals surface area contributed by atoms with Gasteiger partial charge < -0.3 is 15.3 Å². The van der Waals surface area contributed by atoms with Crippen LogP contribution in [0.25, 0.3) is 0 Å². The highest BCUT2D eigenvalue weighted by atomic mass is 16.3. The van der Waals surface area contributed by atoms with Crippen molar-refractivity contribution >= 4 is 11.7 Å². The van der Waals surface area contributed by atoms with Gasteiger partial charge in [-0.1, -0.05) is 13.3 Å². The summed E-state index contributed by atoms with van der Waals surface area (Å²) in [5, 5.41) is 12.6. The second-order valence-corrected chi connectivity index (χ2v) is 6.03. The number of carbonyl (C=O) groups excluding carboxylic acids is 1. The van der Waals surface area contributed by atoms with E-state index in [0.717, 1.165) is 25.1 Å². The Kier molecular flexibility index (Phi) is 4.28. The average Bonchev–Trinajstić information content (AvgIpc) is 2.81. The molecule has 1 amide bonds. The second kappa shape index (κ2) is 5.79. The Bertz CT molecular complexity index is 490. The van der Waals surface area contributed by atoms with E-state index in [0.29, 0.717) is 5.56 Å². The van der Waals surface area contributed by atoms with Crippen molar-refractivity contribution in [1.82, 2.24) is 10.3 Å². The summed E-state index contributed by atoms with van der Waals surface area (Å²) in [5.41, 5.74) is 0.406. The van der Waals surface area contributed by atoms with Crippen LogP contribution in [-0.4, -0.2) is 42.7 Å². The first-order valence-corrected chi connectivity index (χ1v) is 7.01. The molecule has 2 N–H and O–H groups in total. The molecule has 1 aromatic heterocycles. The maximum atomic E-state index is 12.3. The molecule has 5 nitrogen and oxygen atoms in total. The normalized spacial score (nSPS) is 25.5. The van der Waals surface area contributed by atoms with E-state index < -0.39 is 0 Å². The number of hydrogen-bond acceptors (Lipinski definition) is 4. The van der Waals surface area contributed by atoms with Gasteiger partial charge in [-0.25, -0.2) is 4.98 Å². The number of rotatable bonds is 4. The van der Waals surface area contributed by atoms with Gasteiger partial charge in [0.25, 0.3) is 5.91 Å². The third-order valence-electron chi connectivity index (χ3n) is 4.21. The van der Waals surface area contributed by atoms with Gasteiger partial charge in [0.2, 0.25) is 0 Å². The number of anilines is 1. The molecule has 0 aliphatic heterocycles. The third-order valence-corrected chi connectivity index (χ3v) is 4.21. The standard InChI is InChI=1S/C15H23N3O2/c1-15(10-19)7-4-5-12(15)17-14(20)11-6-8-16-13(9-11)18(2)3/h6,8-9,12,19H,4-5,7,10H2,1-3H3,(H,17,20). The van der Waals surface area contributed by atoms with Gasteiger partial charge in [0.15, 0.2) is 0 Å². The minimum atomic E-state index is -0.201. The molecule has 1 heterocycles. The summed E-state index contributed by atoms with van der Waals surface area (Å²) >= 11 is 0. The first kappa shape index (κ1) is 14.8. The van der Waals surface area contributed by atoms with Crippen molar-refractivity contribution in [3.63, 3.8) is 0 Å². The molecule has 5 heteroatoms. The van der Waals surface area contributed by atoms with E-state index in [1.54, 1.807) is 18.3 Å². The van der Waals surface area contributed by atoms with Crippen LogP contribution in [0.15, 0.2) is 18.3 Å². The fourth-order valence-electron chi connectivity index (χ4n) is 2.71. The topological polar surface area (TPSA) is 65.5 Å². The van der Waals surface area contributed by atoms with Gasteiger partial charge in [-0.3, -0.25) is 4.79 Å². The number of hydrogen-bond donors (Lipinski definition) is 2. The molecular formula is C15H23N3O2. The van der Waals surface area contributed by atoms with Crippen LogP contribution in [0.1, 0.15) is 36.5 Å². The van der Waals surface area contributed by atoms with Crippen molar-refractivity contribution in [2.75, 3.05) is 25.6 Å². The highest BCUT2D eigenvalue weighted by Gasteiger charge is 2.39. The number of nitrogens with one attached hydrogen (secondary N) is 1. The summed E-state index contributed by atoms with van der Waals surface area (Å²) in [6.07, 6.45) is 4.56. The zero-order chi connectivity index (χ0) is 14.8. The molecule has 0 spiro atoms. The summed E-state index contributed by atoms with van der Waals surface area (Å²) in [7, 11) is 3.79. The summed E-state index contributed by atoms with van der Waals surface area (Å²) in [6.45, 7) is 2.14.